The molecule has 0 aromatic heterocycles. The number of carbonyl (C=O) groups is 1. The molecule has 1 amide bonds. The van der Waals surface area contributed by atoms with E-state index in [-0.39, 0.29) is 5.91 Å². The maximum absolute atomic E-state index is 12.1. The highest BCUT2D eigenvalue weighted by molar-refractivity contribution is 7.80. The molecule has 0 spiro atoms. The Balaban J connectivity index is 2.44. The zero-order valence-electron chi connectivity index (χ0n) is 13.9. The molecule has 0 saturated heterocycles. The van der Waals surface area contributed by atoms with Gasteiger partial charge in [-0.05, 0) is 49.6 Å². The van der Waals surface area contributed by atoms with E-state index in [0.29, 0.717) is 23.8 Å². The number of nitrogens with zero attached hydrogens (tertiary/aromatic N) is 1. The molecule has 0 aliphatic carbocycles. The Morgan fingerprint density at radius 1 is 1.22 bits per heavy atom. The van der Waals surface area contributed by atoms with Crippen LogP contribution in [-0.2, 0) is 0 Å². The SMILES string of the molecule is C=CCNC(=S)Nc1ccc(C(=O)NCCN(CC)CC)cc1. The minimum atomic E-state index is -0.0592. The highest BCUT2D eigenvalue weighted by Crippen LogP contribution is 2.09. The van der Waals surface area contributed by atoms with Gasteiger partial charge in [0.2, 0.25) is 0 Å². The fraction of sp³-hybridized carbons (Fsp3) is 0.412. The quantitative estimate of drug-likeness (QED) is 0.478. The number of carbonyl (C=O) groups excluding carboxylic acids is 1. The summed E-state index contributed by atoms with van der Waals surface area (Å²) in [6.45, 7) is 12.0. The Kier molecular flexibility index (Phi) is 8.94. The van der Waals surface area contributed by atoms with E-state index >= 15 is 0 Å². The maximum atomic E-state index is 12.1. The fourth-order valence-electron chi connectivity index (χ4n) is 2.01. The van der Waals surface area contributed by atoms with Crippen molar-refractivity contribution in [1.82, 2.24) is 15.5 Å². The highest BCUT2D eigenvalue weighted by Gasteiger charge is 2.06. The van der Waals surface area contributed by atoms with Gasteiger partial charge >= 0.3 is 0 Å². The topological polar surface area (TPSA) is 56.4 Å². The van der Waals surface area contributed by atoms with Crippen molar-refractivity contribution >= 4 is 28.9 Å². The van der Waals surface area contributed by atoms with Crippen LogP contribution in [0.5, 0.6) is 0 Å². The molecule has 0 heterocycles. The number of hydrogen-bond acceptors (Lipinski definition) is 3. The largest absolute Gasteiger partial charge is 0.359 e. The predicted octanol–water partition coefficient (Wildman–Crippen LogP) is 2.23. The molecule has 6 heteroatoms. The zero-order chi connectivity index (χ0) is 17.1. The number of anilines is 1. The van der Waals surface area contributed by atoms with Gasteiger partial charge in [0.25, 0.3) is 5.91 Å². The minimum absolute atomic E-state index is 0.0592. The van der Waals surface area contributed by atoms with Crippen molar-refractivity contribution in [2.24, 2.45) is 0 Å². The fourth-order valence-corrected chi connectivity index (χ4v) is 2.22. The molecule has 1 aromatic rings. The van der Waals surface area contributed by atoms with E-state index in [4.69, 9.17) is 12.2 Å². The van der Waals surface area contributed by atoms with Crippen molar-refractivity contribution in [3.05, 3.63) is 42.5 Å². The molecule has 0 fully saturated rings. The second kappa shape index (κ2) is 10.7. The van der Waals surface area contributed by atoms with Crippen molar-refractivity contribution in [3.8, 4) is 0 Å². The van der Waals surface area contributed by atoms with Gasteiger partial charge in [0.05, 0.1) is 0 Å². The normalized spacial score (nSPS) is 10.2. The minimum Gasteiger partial charge on any atom is -0.359 e. The van der Waals surface area contributed by atoms with Gasteiger partial charge in [-0.2, -0.15) is 0 Å². The van der Waals surface area contributed by atoms with Gasteiger partial charge in [0, 0.05) is 30.9 Å². The van der Waals surface area contributed by atoms with E-state index in [9.17, 15) is 4.79 Å². The second-order valence-electron chi connectivity index (χ2n) is 4.98. The first-order chi connectivity index (χ1) is 11.1. The summed E-state index contributed by atoms with van der Waals surface area (Å²) in [5.74, 6) is -0.0592. The van der Waals surface area contributed by atoms with Gasteiger partial charge in [-0.1, -0.05) is 19.9 Å². The molecule has 23 heavy (non-hydrogen) atoms. The van der Waals surface area contributed by atoms with Gasteiger partial charge < -0.3 is 20.9 Å². The average Bonchev–Trinajstić information content (AvgIpc) is 2.57. The van der Waals surface area contributed by atoms with Crippen molar-refractivity contribution < 1.29 is 4.79 Å². The third-order valence-corrected chi connectivity index (χ3v) is 3.67. The van der Waals surface area contributed by atoms with E-state index in [1.54, 1.807) is 18.2 Å². The van der Waals surface area contributed by atoms with Gasteiger partial charge in [0.15, 0.2) is 5.11 Å². The first kappa shape index (κ1) is 19.1. The van der Waals surface area contributed by atoms with Crippen molar-refractivity contribution in [2.45, 2.75) is 13.8 Å². The summed E-state index contributed by atoms with van der Waals surface area (Å²) in [7, 11) is 0. The van der Waals surface area contributed by atoms with E-state index in [1.807, 2.05) is 12.1 Å². The summed E-state index contributed by atoms with van der Waals surface area (Å²) in [6.07, 6.45) is 1.74. The average molecular weight is 334 g/mol. The molecule has 1 aromatic carbocycles. The molecular weight excluding hydrogens is 308 g/mol. The standard InChI is InChI=1S/C17H26N4OS/c1-4-11-19-17(23)20-15-9-7-14(8-10-15)16(22)18-12-13-21(5-2)6-3/h4,7-10H,1,5-6,11-13H2,2-3H3,(H,18,22)(H2,19,20,23). The Bertz CT molecular complexity index is 512. The maximum Gasteiger partial charge on any atom is 0.251 e. The van der Waals surface area contributed by atoms with Gasteiger partial charge in [-0.25, -0.2) is 0 Å². The van der Waals surface area contributed by atoms with Crippen LogP contribution in [0.4, 0.5) is 5.69 Å². The number of thiocarbonyl (C=S) groups is 1. The number of benzene rings is 1. The van der Waals surface area contributed by atoms with Gasteiger partial charge in [0.1, 0.15) is 0 Å². The molecule has 1 rings (SSSR count). The van der Waals surface area contributed by atoms with Crippen LogP contribution in [0, 0.1) is 0 Å². The number of hydrogen-bond donors (Lipinski definition) is 3. The molecule has 0 aliphatic rings. The molecular formula is C17H26N4OS. The number of nitrogens with one attached hydrogen (secondary N) is 3. The first-order valence-corrected chi connectivity index (χ1v) is 8.27. The number of rotatable bonds is 9. The monoisotopic (exact) mass is 334 g/mol. The van der Waals surface area contributed by atoms with Crippen molar-refractivity contribution in [1.29, 1.82) is 0 Å². The third-order valence-electron chi connectivity index (χ3n) is 3.42. The summed E-state index contributed by atoms with van der Waals surface area (Å²) in [6, 6.07) is 7.23. The molecule has 126 valence electrons. The zero-order valence-corrected chi connectivity index (χ0v) is 14.7. The van der Waals surface area contributed by atoms with E-state index < -0.39 is 0 Å². The molecule has 0 radical (unpaired) electrons. The van der Waals surface area contributed by atoms with Gasteiger partial charge in [-0.15, -0.1) is 6.58 Å². The van der Waals surface area contributed by atoms with Crippen LogP contribution < -0.4 is 16.0 Å². The lowest BCUT2D eigenvalue weighted by molar-refractivity contribution is 0.0949. The lowest BCUT2D eigenvalue weighted by Crippen LogP contribution is -2.34. The lowest BCUT2D eigenvalue weighted by Gasteiger charge is -2.18. The van der Waals surface area contributed by atoms with Crippen molar-refractivity contribution in [3.63, 3.8) is 0 Å². The van der Waals surface area contributed by atoms with E-state index in [1.165, 1.54) is 0 Å². The number of likely N-dealkylation sites (N-methyl/N-ethyl adjacent to an activating group) is 1. The summed E-state index contributed by atoms with van der Waals surface area (Å²) < 4.78 is 0. The van der Waals surface area contributed by atoms with Crippen LogP contribution >= 0.6 is 12.2 Å². The molecule has 3 N–H and O–H groups in total. The van der Waals surface area contributed by atoms with Crippen LogP contribution in [0.1, 0.15) is 24.2 Å². The summed E-state index contributed by atoms with van der Waals surface area (Å²) in [5.41, 5.74) is 1.48. The van der Waals surface area contributed by atoms with Gasteiger partial charge in [-0.3, -0.25) is 4.79 Å². The van der Waals surface area contributed by atoms with Crippen LogP contribution in [0.3, 0.4) is 0 Å². The van der Waals surface area contributed by atoms with Crippen LogP contribution in [0.25, 0.3) is 0 Å². The number of amides is 1. The van der Waals surface area contributed by atoms with Crippen LogP contribution in [0.2, 0.25) is 0 Å². The molecule has 0 saturated carbocycles. The first-order valence-electron chi connectivity index (χ1n) is 7.87. The summed E-state index contributed by atoms with van der Waals surface area (Å²) in [4.78, 5) is 14.3. The Morgan fingerprint density at radius 2 is 1.87 bits per heavy atom. The summed E-state index contributed by atoms with van der Waals surface area (Å²) >= 11 is 5.14. The molecule has 0 atom stereocenters. The summed E-state index contributed by atoms with van der Waals surface area (Å²) in [5, 5.41) is 9.50. The van der Waals surface area contributed by atoms with E-state index in [2.05, 4.69) is 41.3 Å². The molecule has 0 aliphatic heterocycles. The highest BCUT2D eigenvalue weighted by atomic mass is 32.1. The predicted molar refractivity (Wildman–Crippen MR) is 101 cm³/mol. The lowest BCUT2D eigenvalue weighted by atomic mass is 10.2. The van der Waals surface area contributed by atoms with Crippen LogP contribution in [-0.4, -0.2) is 48.6 Å². The molecule has 5 nitrogen and oxygen atoms in total. The third kappa shape index (κ3) is 7.25. The van der Waals surface area contributed by atoms with Crippen LogP contribution in [0.15, 0.2) is 36.9 Å². The van der Waals surface area contributed by atoms with Crippen molar-refractivity contribution in [2.75, 3.05) is 38.0 Å². The Labute approximate surface area is 144 Å². The Morgan fingerprint density at radius 3 is 2.43 bits per heavy atom. The molecule has 0 unspecified atom stereocenters. The second-order valence-corrected chi connectivity index (χ2v) is 5.39. The molecule has 0 bridgehead atoms. The van der Waals surface area contributed by atoms with E-state index in [0.717, 1.165) is 25.3 Å². The smallest absolute Gasteiger partial charge is 0.251 e. The Hall–Kier alpha value is -1.92.